The van der Waals surface area contributed by atoms with Gasteiger partial charge in [0.2, 0.25) is 0 Å². The molecule has 172 valence electrons. The van der Waals surface area contributed by atoms with E-state index in [1.807, 2.05) is 18.5 Å². The van der Waals surface area contributed by atoms with Gasteiger partial charge in [-0.1, -0.05) is 23.9 Å². The Balaban J connectivity index is 1.13. The molecule has 1 saturated heterocycles. The van der Waals surface area contributed by atoms with Gasteiger partial charge < -0.3 is 10.5 Å². The van der Waals surface area contributed by atoms with Crippen LogP contribution in [0.3, 0.4) is 0 Å². The summed E-state index contributed by atoms with van der Waals surface area (Å²) >= 11 is 3.34. The maximum absolute atomic E-state index is 6.34. The third-order valence-corrected chi connectivity index (χ3v) is 8.09. The molecule has 6 nitrogen and oxygen atoms in total. The number of nitrogens with two attached hydrogens (primary N) is 1. The number of nitrogen functional groups attached to an aromatic ring is 1. The van der Waals surface area contributed by atoms with Gasteiger partial charge in [-0.25, -0.2) is 9.97 Å². The Bertz CT molecular complexity index is 1240. The van der Waals surface area contributed by atoms with Crippen LogP contribution in [0, 0.1) is 0 Å². The molecule has 0 aliphatic carbocycles. The Morgan fingerprint density at radius 3 is 2.53 bits per heavy atom. The highest BCUT2D eigenvalue weighted by atomic mass is 32.2. The molecular weight excluding hydrogens is 462 g/mol. The lowest BCUT2D eigenvalue weighted by Gasteiger charge is -2.32. The smallest absolute Gasteiger partial charge is 0.180 e. The summed E-state index contributed by atoms with van der Waals surface area (Å²) in [6.45, 7) is 2.96. The SMILES string of the molecule is Nc1ncc(CN2CCC(Oc3ccc(N4c5ccccc5Sc5cccnc54)cc3)CC2)s1. The van der Waals surface area contributed by atoms with Crippen molar-refractivity contribution >= 4 is 45.4 Å². The van der Waals surface area contributed by atoms with Crippen molar-refractivity contribution in [3.63, 3.8) is 0 Å². The molecule has 2 N–H and O–H groups in total. The first-order chi connectivity index (χ1) is 16.7. The Hall–Kier alpha value is -3.07. The summed E-state index contributed by atoms with van der Waals surface area (Å²) in [5, 5.41) is 0.641. The first kappa shape index (κ1) is 21.5. The number of fused-ring (bicyclic) bond motifs is 2. The van der Waals surface area contributed by atoms with Crippen LogP contribution in [0.1, 0.15) is 17.7 Å². The molecule has 8 heteroatoms. The summed E-state index contributed by atoms with van der Waals surface area (Å²) in [6, 6.07) is 21.0. The van der Waals surface area contributed by atoms with Crippen molar-refractivity contribution in [3.8, 4) is 5.75 Å². The highest BCUT2D eigenvalue weighted by Gasteiger charge is 2.26. The second-order valence-electron chi connectivity index (χ2n) is 8.48. The molecule has 6 rings (SSSR count). The molecule has 4 heterocycles. The molecule has 0 unspecified atom stereocenters. The van der Waals surface area contributed by atoms with E-state index in [1.165, 1.54) is 9.77 Å². The normalized spacial score (nSPS) is 16.2. The first-order valence-corrected chi connectivity index (χ1v) is 13.1. The number of hydrogen-bond acceptors (Lipinski definition) is 8. The molecule has 34 heavy (non-hydrogen) atoms. The second kappa shape index (κ2) is 9.29. The second-order valence-corrected chi connectivity index (χ2v) is 10.7. The van der Waals surface area contributed by atoms with Crippen LogP contribution in [0.25, 0.3) is 0 Å². The van der Waals surface area contributed by atoms with Crippen molar-refractivity contribution in [2.24, 2.45) is 0 Å². The van der Waals surface area contributed by atoms with E-state index < -0.39 is 0 Å². The van der Waals surface area contributed by atoms with Gasteiger partial charge in [0.1, 0.15) is 11.9 Å². The molecule has 0 amide bonds. The Morgan fingerprint density at radius 2 is 1.74 bits per heavy atom. The van der Waals surface area contributed by atoms with Crippen molar-refractivity contribution < 1.29 is 4.74 Å². The number of piperidine rings is 1. The third-order valence-electron chi connectivity index (χ3n) is 6.17. The summed E-state index contributed by atoms with van der Waals surface area (Å²) in [4.78, 5) is 17.1. The number of rotatable bonds is 5. The lowest BCUT2D eigenvalue weighted by atomic mass is 10.1. The predicted molar refractivity (Wildman–Crippen MR) is 138 cm³/mol. The van der Waals surface area contributed by atoms with E-state index in [0.29, 0.717) is 5.13 Å². The molecule has 2 aliphatic rings. The topological polar surface area (TPSA) is 67.5 Å². The number of aromatic nitrogens is 2. The van der Waals surface area contributed by atoms with E-state index in [-0.39, 0.29) is 6.10 Å². The number of pyridine rings is 1. The fraction of sp³-hybridized carbons (Fsp3) is 0.231. The molecule has 2 aromatic carbocycles. The zero-order chi connectivity index (χ0) is 22.9. The maximum atomic E-state index is 6.34. The highest BCUT2D eigenvalue weighted by Crippen LogP contribution is 2.50. The molecule has 0 spiro atoms. The van der Waals surface area contributed by atoms with Crippen molar-refractivity contribution in [1.29, 1.82) is 0 Å². The Morgan fingerprint density at radius 1 is 0.941 bits per heavy atom. The number of hydrogen-bond donors (Lipinski definition) is 1. The molecule has 2 aromatic heterocycles. The summed E-state index contributed by atoms with van der Waals surface area (Å²) in [5.41, 5.74) is 8.00. The van der Waals surface area contributed by atoms with Gasteiger partial charge in [0.05, 0.1) is 10.6 Å². The average molecular weight is 488 g/mol. The lowest BCUT2D eigenvalue weighted by molar-refractivity contribution is 0.0973. The minimum atomic E-state index is 0.239. The van der Waals surface area contributed by atoms with Crippen molar-refractivity contribution in [3.05, 3.63) is 77.9 Å². The van der Waals surface area contributed by atoms with Crippen LogP contribution >= 0.6 is 23.1 Å². The fourth-order valence-corrected chi connectivity index (χ4v) is 6.28. The zero-order valence-corrected chi connectivity index (χ0v) is 20.3. The average Bonchev–Trinajstić information content (AvgIpc) is 3.28. The van der Waals surface area contributed by atoms with E-state index in [9.17, 15) is 0 Å². The van der Waals surface area contributed by atoms with Gasteiger partial charge in [-0.2, -0.15) is 0 Å². The van der Waals surface area contributed by atoms with E-state index in [4.69, 9.17) is 10.5 Å². The standard InChI is InChI=1S/C26H25N5OS2/c27-26-29-16-21(33-26)17-30-14-11-20(12-15-30)32-19-9-7-18(8-10-19)31-22-4-1-2-5-23(22)34-24-6-3-13-28-25(24)31/h1-10,13,16,20H,11-12,14-15,17H2,(H2,27,29). The predicted octanol–water partition coefficient (Wildman–Crippen LogP) is 6.10. The minimum Gasteiger partial charge on any atom is -0.490 e. The van der Waals surface area contributed by atoms with Gasteiger partial charge in [-0.3, -0.25) is 9.80 Å². The van der Waals surface area contributed by atoms with Gasteiger partial charge in [-0.15, -0.1) is 11.3 Å². The first-order valence-electron chi connectivity index (χ1n) is 11.4. The van der Waals surface area contributed by atoms with Crippen molar-refractivity contribution in [2.75, 3.05) is 23.7 Å². The van der Waals surface area contributed by atoms with E-state index >= 15 is 0 Å². The largest absolute Gasteiger partial charge is 0.490 e. The molecule has 0 radical (unpaired) electrons. The third kappa shape index (κ3) is 4.36. The number of ether oxygens (including phenoxy) is 1. The van der Waals surface area contributed by atoms with Crippen LogP contribution in [-0.4, -0.2) is 34.1 Å². The van der Waals surface area contributed by atoms with Gasteiger partial charge in [0, 0.05) is 47.5 Å². The Labute approximate surface area is 207 Å². The van der Waals surface area contributed by atoms with Gasteiger partial charge >= 0.3 is 0 Å². The molecule has 0 bridgehead atoms. The molecular formula is C26H25N5OS2. The van der Waals surface area contributed by atoms with Crippen molar-refractivity contribution in [1.82, 2.24) is 14.9 Å². The molecule has 0 atom stereocenters. The van der Waals surface area contributed by atoms with E-state index in [0.717, 1.165) is 60.3 Å². The number of likely N-dealkylation sites (tertiary alicyclic amines) is 1. The van der Waals surface area contributed by atoms with E-state index in [2.05, 4.69) is 74.4 Å². The summed E-state index contributed by atoms with van der Waals surface area (Å²) < 4.78 is 6.34. The highest BCUT2D eigenvalue weighted by molar-refractivity contribution is 7.99. The van der Waals surface area contributed by atoms with Crippen LogP contribution in [0.2, 0.25) is 0 Å². The molecule has 0 saturated carbocycles. The quantitative estimate of drug-likeness (QED) is 0.321. The molecule has 1 fully saturated rings. The number of anilines is 4. The van der Waals surface area contributed by atoms with Crippen LogP contribution < -0.4 is 15.4 Å². The van der Waals surface area contributed by atoms with Crippen LogP contribution in [-0.2, 0) is 6.54 Å². The van der Waals surface area contributed by atoms with Crippen LogP contribution in [0.4, 0.5) is 22.3 Å². The number of nitrogens with zero attached hydrogens (tertiary/aromatic N) is 4. The molecule has 4 aromatic rings. The number of thiazole rings is 1. The van der Waals surface area contributed by atoms with E-state index in [1.54, 1.807) is 23.1 Å². The van der Waals surface area contributed by atoms with Gasteiger partial charge in [0.15, 0.2) is 10.9 Å². The van der Waals surface area contributed by atoms with Crippen LogP contribution in [0.5, 0.6) is 5.75 Å². The Kier molecular flexibility index (Phi) is 5.86. The number of benzene rings is 2. The van der Waals surface area contributed by atoms with Crippen LogP contribution in [0.15, 0.2) is 82.8 Å². The van der Waals surface area contributed by atoms with Gasteiger partial charge in [-0.05, 0) is 61.4 Å². The monoisotopic (exact) mass is 487 g/mol. The fourth-order valence-electron chi connectivity index (χ4n) is 4.52. The van der Waals surface area contributed by atoms with Gasteiger partial charge in [0.25, 0.3) is 0 Å². The molecule has 2 aliphatic heterocycles. The summed E-state index contributed by atoms with van der Waals surface area (Å²) in [6.07, 6.45) is 6.02. The minimum absolute atomic E-state index is 0.239. The van der Waals surface area contributed by atoms with Crippen molar-refractivity contribution in [2.45, 2.75) is 35.3 Å². The summed E-state index contributed by atoms with van der Waals surface area (Å²) in [7, 11) is 0. The number of para-hydroxylation sites is 1. The maximum Gasteiger partial charge on any atom is 0.180 e. The summed E-state index contributed by atoms with van der Waals surface area (Å²) in [5.74, 6) is 1.88. The zero-order valence-electron chi connectivity index (χ0n) is 18.6. The lowest BCUT2D eigenvalue weighted by Crippen LogP contribution is -2.37.